The van der Waals surface area contributed by atoms with Crippen molar-refractivity contribution >= 4 is 17.6 Å². The lowest BCUT2D eigenvalue weighted by Gasteiger charge is -2.10. The highest BCUT2D eigenvalue weighted by molar-refractivity contribution is 5.80. The molecule has 0 atom stereocenters. The maximum absolute atomic E-state index is 10.9. The summed E-state index contributed by atoms with van der Waals surface area (Å²) < 4.78 is 10.6. The first-order valence-corrected chi connectivity index (χ1v) is 6.42. The minimum atomic E-state index is -0.752. The van der Waals surface area contributed by atoms with E-state index in [2.05, 4.69) is 5.16 Å². The first-order valence-electron chi connectivity index (χ1n) is 6.42. The molecule has 0 aliphatic rings. The third-order valence-corrected chi connectivity index (χ3v) is 2.92. The third-order valence-electron chi connectivity index (χ3n) is 2.92. The van der Waals surface area contributed by atoms with Crippen LogP contribution in [0.3, 0.4) is 0 Å². The molecule has 2 aromatic rings. The van der Waals surface area contributed by atoms with Crippen LogP contribution in [0.1, 0.15) is 5.56 Å². The van der Waals surface area contributed by atoms with Crippen LogP contribution >= 0.6 is 0 Å². The zero-order valence-electron chi connectivity index (χ0n) is 12.3. The summed E-state index contributed by atoms with van der Waals surface area (Å²) in [5.74, 6) is 0.349. The normalized spacial score (nSPS) is 10.5. The summed E-state index contributed by atoms with van der Waals surface area (Å²) in [4.78, 5) is 20.3. The lowest BCUT2D eigenvalue weighted by atomic mass is 10.2. The molecule has 0 bridgehead atoms. The first kappa shape index (κ1) is 16.7. The molecule has 0 unspecified atom stereocenters. The molecule has 0 spiro atoms. The predicted octanol–water partition coefficient (Wildman–Crippen LogP) is 3.11. The molecular weight excluding hydrogens is 322 g/mol. The number of hydrogen-bond donors (Lipinski definition) is 1. The Labute approximate surface area is 134 Å². The van der Waals surface area contributed by atoms with Crippen molar-refractivity contribution < 1.29 is 24.5 Å². The summed E-state index contributed by atoms with van der Waals surface area (Å²) in [6, 6.07) is 7.49. The number of oxime groups is 1. The van der Waals surface area contributed by atoms with Crippen LogP contribution in [0, 0.1) is 20.2 Å². The number of benzene rings is 2. The van der Waals surface area contributed by atoms with E-state index >= 15 is 0 Å². The first-order chi connectivity index (χ1) is 11.4. The van der Waals surface area contributed by atoms with Gasteiger partial charge in [0.05, 0.1) is 41.4 Å². The van der Waals surface area contributed by atoms with Crippen molar-refractivity contribution in [2.75, 3.05) is 7.11 Å². The van der Waals surface area contributed by atoms with Gasteiger partial charge in [-0.3, -0.25) is 20.2 Å². The van der Waals surface area contributed by atoms with Crippen molar-refractivity contribution in [2.45, 2.75) is 0 Å². The summed E-state index contributed by atoms with van der Waals surface area (Å²) in [7, 11) is 1.37. The van der Waals surface area contributed by atoms with Crippen molar-refractivity contribution in [2.24, 2.45) is 5.16 Å². The summed E-state index contributed by atoms with van der Waals surface area (Å²) >= 11 is 0. The van der Waals surface area contributed by atoms with Crippen LogP contribution in [0.5, 0.6) is 17.2 Å². The van der Waals surface area contributed by atoms with E-state index in [-0.39, 0.29) is 17.2 Å². The zero-order chi connectivity index (χ0) is 17.7. The number of rotatable bonds is 6. The molecule has 2 aromatic carbocycles. The molecule has 0 fully saturated rings. The largest absolute Gasteiger partial charge is 0.493 e. The van der Waals surface area contributed by atoms with Gasteiger partial charge in [0.2, 0.25) is 0 Å². The lowest BCUT2D eigenvalue weighted by molar-refractivity contribution is -0.394. The van der Waals surface area contributed by atoms with Crippen molar-refractivity contribution in [3.8, 4) is 17.2 Å². The number of nitrogens with zero attached hydrogens (tertiary/aromatic N) is 3. The molecule has 0 aliphatic carbocycles. The van der Waals surface area contributed by atoms with Gasteiger partial charge in [-0.1, -0.05) is 5.16 Å². The van der Waals surface area contributed by atoms with Crippen molar-refractivity contribution in [3.05, 3.63) is 62.2 Å². The molecule has 10 nitrogen and oxygen atoms in total. The second kappa shape index (κ2) is 7.05. The van der Waals surface area contributed by atoms with Gasteiger partial charge < -0.3 is 14.7 Å². The van der Waals surface area contributed by atoms with E-state index in [4.69, 9.17) is 14.7 Å². The van der Waals surface area contributed by atoms with Crippen LogP contribution in [0.25, 0.3) is 0 Å². The smallest absolute Gasteiger partial charge is 0.280 e. The van der Waals surface area contributed by atoms with E-state index in [1.807, 2.05) is 0 Å². The van der Waals surface area contributed by atoms with Crippen LogP contribution < -0.4 is 9.47 Å². The van der Waals surface area contributed by atoms with Gasteiger partial charge in [0.1, 0.15) is 5.75 Å². The van der Waals surface area contributed by atoms with Gasteiger partial charge in [-0.15, -0.1) is 0 Å². The summed E-state index contributed by atoms with van der Waals surface area (Å²) in [5.41, 5.74) is -0.420. The summed E-state index contributed by atoms with van der Waals surface area (Å²) in [5, 5.41) is 33.2. The molecule has 0 radical (unpaired) electrons. The minimum absolute atomic E-state index is 0.0854. The molecule has 2 rings (SSSR count). The highest BCUT2D eigenvalue weighted by Crippen LogP contribution is 2.35. The molecule has 10 heteroatoms. The number of nitro groups is 2. The molecule has 0 saturated heterocycles. The predicted molar refractivity (Wildman–Crippen MR) is 82.2 cm³/mol. The Kier molecular flexibility index (Phi) is 4.90. The summed E-state index contributed by atoms with van der Waals surface area (Å²) in [6.45, 7) is 0. The Bertz CT molecular complexity index is 788. The van der Waals surface area contributed by atoms with Crippen LogP contribution in [-0.2, 0) is 0 Å². The average Bonchev–Trinajstić information content (AvgIpc) is 2.56. The van der Waals surface area contributed by atoms with Gasteiger partial charge in [0, 0.05) is 5.56 Å². The summed E-state index contributed by atoms with van der Waals surface area (Å²) in [6.07, 6.45) is 1.17. The van der Waals surface area contributed by atoms with Gasteiger partial charge in [-0.05, 0) is 18.2 Å². The second-order valence-electron chi connectivity index (χ2n) is 4.46. The fourth-order valence-corrected chi connectivity index (χ4v) is 1.88. The van der Waals surface area contributed by atoms with Crippen molar-refractivity contribution in [1.29, 1.82) is 0 Å². The molecular formula is C14H11N3O7. The van der Waals surface area contributed by atoms with E-state index in [9.17, 15) is 20.2 Å². The van der Waals surface area contributed by atoms with E-state index in [1.165, 1.54) is 25.5 Å². The second-order valence-corrected chi connectivity index (χ2v) is 4.46. The minimum Gasteiger partial charge on any atom is -0.493 e. The van der Waals surface area contributed by atoms with Crippen molar-refractivity contribution in [1.82, 2.24) is 0 Å². The van der Waals surface area contributed by atoms with E-state index in [1.54, 1.807) is 6.07 Å². The van der Waals surface area contributed by atoms with Crippen molar-refractivity contribution in [3.63, 3.8) is 0 Å². The molecule has 124 valence electrons. The number of hydrogen-bond acceptors (Lipinski definition) is 8. The van der Waals surface area contributed by atoms with Crippen LogP contribution in [0.2, 0.25) is 0 Å². The molecule has 24 heavy (non-hydrogen) atoms. The molecule has 0 saturated carbocycles. The zero-order valence-corrected chi connectivity index (χ0v) is 12.3. The van der Waals surface area contributed by atoms with E-state index in [0.29, 0.717) is 5.56 Å². The highest BCUT2D eigenvalue weighted by Gasteiger charge is 2.18. The Morgan fingerprint density at radius 2 is 1.67 bits per heavy atom. The lowest BCUT2D eigenvalue weighted by Crippen LogP contribution is -1.96. The number of nitro benzene ring substituents is 2. The van der Waals surface area contributed by atoms with Gasteiger partial charge in [0.25, 0.3) is 11.4 Å². The number of methoxy groups -OCH3 is 1. The average molecular weight is 333 g/mol. The topological polar surface area (TPSA) is 137 Å². The van der Waals surface area contributed by atoms with Gasteiger partial charge in [-0.25, -0.2) is 0 Å². The fourth-order valence-electron chi connectivity index (χ4n) is 1.88. The molecule has 1 N–H and O–H groups in total. The maximum atomic E-state index is 10.9. The van der Waals surface area contributed by atoms with E-state index < -0.39 is 21.2 Å². The monoisotopic (exact) mass is 333 g/mol. The Hall–Kier alpha value is -3.69. The molecule has 0 amide bonds. The van der Waals surface area contributed by atoms with Gasteiger partial charge >= 0.3 is 0 Å². The molecule has 0 aliphatic heterocycles. The maximum Gasteiger partial charge on any atom is 0.280 e. The molecule has 0 aromatic heterocycles. The highest BCUT2D eigenvalue weighted by atomic mass is 16.6. The van der Waals surface area contributed by atoms with Crippen LogP contribution in [-0.4, -0.2) is 28.4 Å². The number of non-ortho nitro benzene ring substituents is 2. The Morgan fingerprint density at radius 1 is 1.04 bits per heavy atom. The quantitative estimate of drug-likeness (QED) is 0.371. The Balaban J connectivity index is 2.43. The molecule has 0 heterocycles. The number of ether oxygens (including phenoxy) is 2. The van der Waals surface area contributed by atoms with Crippen LogP contribution in [0.15, 0.2) is 41.6 Å². The van der Waals surface area contributed by atoms with Gasteiger partial charge in [-0.2, -0.15) is 0 Å². The standard InChI is InChI=1S/C14H11N3O7/c1-23-14-4-9(8-15-18)2-3-13(14)24-12-6-10(16(19)20)5-11(7-12)17(21)22/h2-8,18H,1H3. The Morgan fingerprint density at radius 3 is 2.17 bits per heavy atom. The van der Waals surface area contributed by atoms with Crippen LogP contribution in [0.4, 0.5) is 11.4 Å². The third kappa shape index (κ3) is 3.74. The van der Waals surface area contributed by atoms with E-state index in [0.717, 1.165) is 18.2 Å². The van der Waals surface area contributed by atoms with Gasteiger partial charge in [0.15, 0.2) is 11.5 Å². The SMILES string of the molecule is COc1cc(C=NO)ccc1Oc1cc([N+](=O)[O-])cc([N+](=O)[O-])c1. The fraction of sp³-hybridized carbons (Fsp3) is 0.0714.